The number of carboxylic acid groups (broad SMARTS) is 1. The zero-order valence-corrected chi connectivity index (χ0v) is 22.8. The molecule has 1 N–H and O–H groups in total. The van der Waals surface area contributed by atoms with Gasteiger partial charge >= 0.3 is 5.97 Å². The van der Waals surface area contributed by atoms with Crippen LogP contribution in [0.5, 0.6) is 0 Å². The predicted octanol–water partition coefficient (Wildman–Crippen LogP) is 6.62. The number of nitrogens with zero attached hydrogens (tertiary/aromatic N) is 1. The molecule has 38 heavy (non-hydrogen) atoms. The number of hydrogen-bond acceptors (Lipinski definition) is 4. The van der Waals surface area contributed by atoms with E-state index in [9.17, 15) is 24.3 Å². The number of carbonyl (C=O) groups excluding carboxylic acids is 3. The highest BCUT2D eigenvalue weighted by molar-refractivity contribution is 6.30. The molecule has 1 heterocycles. The maximum Gasteiger partial charge on any atom is 0.307 e. The van der Waals surface area contributed by atoms with E-state index in [1.165, 1.54) is 12.2 Å². The number of imide groups is 1. The van der Waals surface area contributed by atoms with Crippen molar-refractivity contribution >= 4 is 35.7 Å². The minimum Gasteiger partial charge on any atom is -0.481 e. The predicted molar refractivity (Wildman–Crippen MR) is 151 cm³/mol. The first-order valence-corrected chi connectivity index (χ1v) is 13.0. The zero-order chi connectivity index (χ0) is 28.4. The number of carboxylic acids is 1. The molecule has 1 aliphatic heterocycles. The SMILES string of the molecule is C=CC1=C(C=C)C(=O)N(C[C@@H]2CCC(C)C2C(=O)O)C1=O.CC.O=Cc1ccc(-c2ccc(Cl)cc2)cc1. The minimum atomic E-state index is -0.857. The first-order valence-electron chi connectivity index (χ1n) is 12.6. The van der Waals surface area contributed by atoms with E-state index in [4.69, 9.17) is 11.6 Å². The summed E-state index contributed by atoms with van der Waals surface area (Å²) in [7, 11) is 0. The molecule has 2 aromatic rings. The Labute approximate surface area is 229 Å². The van der Waals surface area contributed by atoms with E-state index < -0.39 is 23.7 Å². The molecule has 0 spiro atoms. The number of amides is 2. The van der Waals surface area contributed by atoms with E-state index in [2.05, 4.69) is 13.2 Å². The van der Waals surface area contributed by atoms with Crippen LogP contribution in [0.4, 0.5) is 0 Å². The van der Waals surface area contributed by atoms with Crippen molar-refractivity contribution in [3.63, 3.8) is 0 Å². The highest BCUT2D eigenvalue weighted by Crippen LogP contribution is 2.38. The number of aldehydes is 1. The molecule has 1 aliphatic carbocycles. The Bertz CT molecular complexity index is 1180. The number of aliphatic carboxylic acids is 1. The quantitative estimate of drug-likeness (QED) is 0.318. The van der Waals surface area contributed by atoms with Crippen LogP contribution >= 0.6 is 11.6 Å². The van der Waals surface area contributed by atoms with Gasteiger partial charge in [0.2, 0.25) is 0 Å². The van der Waals surface area contributed by atoms with Gasteiger partial charge in [-0.05, 0) is 47.9 Å². The van der Waals surface area contributed by atoms with Gasteiger partial charge in [-0.3, -0.25) is 24.1 Å². The summed E-state index contributed by atoms with van der Waals surface area (Å²) in [6.45, 7) is 13.1. The maximum absolute atomic E-state index is 12.2. The molecule has 0 aromatic heterocycles. The van der Waals surface area contributed by atoms with Gasteiger partial charge in [-0.15, -0.1) is 0 Å². The molecule has 2 aromatic carbocycles. The van der Waals surface area contributed by atoms with Crippen LogP contribution in [0.2, 0.25) is 5.02 Å². The Morgan fingerprint density at radius 2 is 1.42 bits per heavy atom. The molecular formula is C31H34ClNO5. The lowest BCUT2D eigenvalue weighted by Gasteiger charge is -2.23. The first kappa shape index (κ1) is 30.5. The molecule has 0 radical (unpaired) electrons. The Balaban J connectivity index is 0.000000262. The molecule has 2 amide bonds. The third-order valence-electron chi connectivity index (χ3n) is 6.69. The Morgan fingerprint density at radius 3 is 1.84 bits per heavy atom. The van der Waals surface area contributed by atoms with Gasteiger partial charge in [0.15, 0.2) is 0 Å². The largest absolute Gasteiger partial charge is 0.481 e. The summed E-state index contributed by atoms with van der Waals surface area (Å²) < 4.78 is 0. The fourth-order valence-electron chi connectivity index (χ4n) is 4.76. The number of hydrogen-bond donors (Lipinski definition) is 1. The van der Waals surface area contributed by atoms with Crippen LogP contribution in [0.1, 0.15) is 44.0 Å². The van der Waals surface area contributed by atoms with Gasteiger partial charge in [0.05, 0.1) is 17.1 Å². The second-order valence-electron chi connectivity index (χ2n) is 8.88. The average Bonchev–Trinajstić information content (AvgIpc) is 3.42. The summed E-state index contributed by atoms with van der Waals surface area (Å²) in [5.41, 5.74) is 3.35. The lowest BCUT2D eigenvalue weighted by atomic mass is 9.90. The van der Waals surface area contributed by atoms with E-state index in [0.29, 0.717) is 12.0 Å². The maximum atomic E-state index is 12.2. The molecule has 0 saturated heterocycles. The summed E-state index contributed by atoms with van der Waals surface area (Å²) >= 11 is 5.80. The Kier molecular flexibility index (Phi) is 11.4. The summed E-state index contributed by atoms with van der Waals surface area (Å²) in [5.74, 6) is -2.32. The molecule has 7 heteroatoms. The van der Waals surface area contributed by atoms with Crippen LogP contribution in [0, 0.1) is 17.8 Å². The summed E-state index contributed by atoms with van der Waals surface area (Å²) in [4.78, 5) is 47.5. The number of benzene rings is 2. The van der Waals surface area contributed by atoms with Crippen LogP contribution in [-0.2, 0) is 14.4 Å². The van der Waals surface area contributed by atoms with Crippen molar-refractivity contribution in [3.05, 3.63) is 95.6 Å². The van der Waals surface area contributed by atoms with E-state index in [1.807, 2.05) is 57.2 Å². The smallest absolute Gasteiger partial charge is 0.307 e. The number of carbonyl (C=O) groups is 4. The van der Waals surface area contributed by atoms with Crippen LogP contribution in [0.3, 0.4) is 0 Å². The van der Waals surface area contributed by atoms with Crippen molar-refractivity contribution in [1.82, 2.24) is 4.90 Å². The van der Waals surface area contributed by atoms with Crippen LogP contribution < -0.4 is 0 Å². The lowest BCUT2D eigenvalue weighted by Crippen LogP contribution is -2.39. The van der Waals surface area contributed by atoms with Crippen molar-refractivity contribution < 1.29 is 24.3 Å². The van der Waals surface area contributed by atoms with Gasteiger partial charge < -0.3 is 5.11 Å². The monoisotopic (exact) mass is 535 g/mol. The molecule has 2 aliphatic rings. The van der Waals surface area contributed by atoms with E-state index >= 15 is 0 Å². The van der Waals surface area contributed by atoms with E-state index in [1.54, 1.807) is 12.1 Å². The van der Waals surface area contributed by atoms with Gasteiger partial charge in [-0.1, -0.05) is 94.1 Å². The number of rotatable bonds is 7. The molecule has 0 bridgehead atoms. The van der Waals surface area contributed by atoms with Crippen molar-refractivity contribution in [2.45, 2.75) is 33.6 Å². The Hall–Kier alpha value is -3.77. The molecule has 6 nitrogen and oxygen atoms in total. The Morgan fingerprint density at radius 1 is 0.947 bits per heavy atom. The molecule has 200 valence electrons. The summed E-state index contributed by atoms with van der Waals surface area (Å²) in [6.07, 6.45) is 5.05. The summed E-state index contributed by atoms with van der Waals surface area (Å²) in [6, 6.07) is 15.1. The molecule has 3 atom stereocenters. The molecule has 1 fully saturated rings. The lowest BCUT2D eigenvalue weighted by molar-refractivity contribution is -0.147. The van der Waals surface area contributed by atoms with Gasteiger partial charge in [0.25, 0.3) is 11.8 Å². The minimum absolute atomic E-state index is 0.0611. The second-order valence-corrected chi connectivity index (χ2v) is 9.32. The number of halogens is 1. The zero-order valence-electron chi connectivity index (χ0n) is 22.0. The highest BCUT2D eigenvalue weighted by atomic mass is 35.5. The van der Waals surface area contributed by atoms with Crippen LogP contribution in [0.15, 0.2) is 85.0 Å². The van der Waals surface area contributed by atoms with Gasteiger partial charge in [0.1, 0.15) is 6.29 Å². The fraction of sp³-hybridized carbons (Fsp3) is 0.290. The van der Waals surface area contributed by atoms with E-state index in [-0.39, 0.29) is 29.5 Å². The highest BCUT2D eigenvalue weighted by Gasteiger charge is 2.43. The molecule has 4 rings (SSSR count). The summed E-state index contributed by atoms with van der Waals surface area (Å²) in [5, 5.41) is 10.1. The van der Waals surface area contributed by atoms with Crippen molar-refractivity contribution in [1.29, 1.82) is 0 Å². The first-order chi connectivity index (χ1) is 18.2. The van der Waals surface area contributed by atoms with Crippen LogP contribution in [-0.4, -0.2) is 40.6 Å². The van der Waals surface area contributed by atoms with Gasteiger partial charge in [0, 0.05) is 17.1 Å². The van der Waals surface area contributed by atoms with Crippen molar-refractivity contribution in [2.24, 2.45) is 17.8 Å². The van der Waals surface area contributed by atoms with Crippen molar-refractivity contribution in [2.75, 3.05) is 6.54 Å². The standard InChI is InChI=1S/C16H19NO4.C13H9ClO.C2H6/c1-4-11-12(5-2)15(19)17(14(11)18)8-10-7-6-9(3)13(10)16(20)21;14-13-7-5-12(6-8-13)11-3-1-10(9-15)2-4-11;1-2/h4-5,9-10,13H,1-2,6-8H2,3H3,(H,20,21);1-9H;1-2H3/t9?,10-,13?;;/m0../s1. The molecular weight excluding hydrogens is 502 g/mol. The topological polar surface area (TPSA) is 91.8 Å². The van der Waals surface area contributed by atoms with Gasteiger partial charge in [-0.25, -0.2) is 0 Å². The normalized spacial score (nSPS) is 20.2. The second kappa shape index (κ2) is 14.2. The molecule has 1 saturated carbocycles. The van der Waals surface area contributed by atoms with E-state index in [0.717, 1.165) is 33.8 Å². The molecule has 2 unspecified atom stereocenters. The third kappa shape index (κ3) is 6.95. The van der Waals surface area contributed by atoms with Crippen molar-refractivity contribution in [3.8, 4) is 11.1 Å². The van der Waals surface area contributed by atoms with Gasteiger partial charge in [-0.2, -0.15) is 0 Å². The fourth-order valence-corrected chi connectivity index (χ4v) is 4.88. The third-order valence-corrected chi connectivity index (χ3v) is 6.94. The average molecular weight is 536 g/mol. The van der Waals surface area contributed by atoms with Crippen LogP contribution in [0.25, 0.3) is 11.1 Å².